The van der Waals surface area contributed by atoms with Crippen molar-refractivity contribution in [1.82, 2.24) is 4.98 Å². The molecule has 0 radical (unpaired) electrons. The van der Waals surface area contributed by atoms with Gasteiger partial charge >= 0.3 is 0 Å². The van der Waals surface area contributed by atoms with E-state index in [0.717, 1.165) is 5.69 Å². The number of benzene rings is 2. The number of nitrogens with two attached hydrogens (primary N) is 1. The molecule has 0 spiro atoms. The number of halogens is 1. The molecule has 0 aliphatic rings. The summed E-state index contributed by atoms with van der Waals surface area (Å²) in [6.07, 6.45) is 0. The molecule has 3 N–H and O–H groups in total. The number of pyridine rings is 1. The van der Waals surface area contributed by atoms with E-state index in [4.69, 9.17) is 22.1 Å². The van der Waals surface area contributed by atoms with Gasteiger partial charge in [0.15, 0.2) is 0 Å². The molecule has 3 rings (SSSR count). The highest BCUT2D eigenvalue weighted by molar-refractivity contribution is 6.30. The summed E-state index contributed by atoms with van der Waals surface area (Å²) < 4.78 is 5.75. The minimum absolute atomic E-state index is 0.198. The van der Waals surface area contributed by atoms with Crippen LogP contribution < -0.4 is 15.8 Å². The van der Waals surface area contributed by atoms with E-state index in [0.29, 0.717) is 27.8 Å². The van der Waals surface area contributed by atoms with Crippen molar-refractivity contribution in [3.8, 4) is 11.5 Å². The largest absolute Gasteiger partial charge is 0.457 e. The summed E-state index contributed by atoms with van der Waals surface area (Å²) in [7, 11) is 0. The molecular weight excluding hydrogens is 338 g/mol. The van der Waals surface area contributed by atoms with Crippen LogP contribution in [0.25, 0.3) is 0 Å². The van der Waals surface area contributed by atoms with Crippen LogP contribution >= 0.6 is 11.6 Å². The molecule has 25 heavy (non-hydrogen) atoms. The molecule has 0 bridgehead atoms. The zero-order valence-corrected chi connectivity index (χ0v) is 14.2. The number of anilines is 2. The average molecular weight is 354 g/mol. The van der Waals surface area contributed by atoms with Crippen molar-refractivity contribution in [2.24, 2.45) is 0 Å². The van der Waals surface area contributed by atoms with E-state index >= 15 is 0 Å². The number of carbonyl (C=O) groups excluding carboxylic acids is 1. The molecule has 0 saturated carbocycles. The number of nitrogens with zero attached hydrogens (tertiary/aromatic N) is 1. The van der Waals surface area contributed by atoms with E-state index in [9.17, 15) is 4.79 Å². The summed E-state index contributed by atoms with van der Waals surface area (Å²) in [5.41, 5.74) is 7.48. The van der Waals surface area contributed by atoms with Gasteiger partial charge in [0.2, 0.25) is 0 Å². The van der Waals surface area contributed by atoms with Gasteiger partial charge in [-0.3, -0.25) is 4.79 Å². The number of hydrogen-bond acceptors (Lipinski definition) is 4. The highest BCUT2D eigenvalue weighted by Crippen LogP contribution is 2.26. The highest BCUT2D eigenvalue weighted by Gasteiger charge is 2.11. The maximum absolute atomic E-state index is 12.4. The van der Waals surface area contributed by atoms with Crippen LogP contribution in [0.3, 0.4) is 0 Å². The lowest BCUT2D eigenvalue weighted by Gasteiger charge is -2.10. The SMILES string of the molecule is Cc1ccc(C(=O)Nc2cccc(Oc3cccc(Cl)c3)c2)c(N)n1. The van der Waals surface area contributed by atoms with Crippen molar-refractivity contribution < 1.29 is 9.53 Å². The predicted molar refractivity (Wildman–Crippen MR) is 99.3 cm³/mol. The molecule has 1 aromatic heterocycles. The van der Waals surface area contributed by atoms with Crippen LogP contribution in [0.15, 0.2) is 60.7 Å². The Balaban J connectivity index is 1.76. The lowest BCUT2D eigenvalue weighted by molar-refractivity contribution is 0.102. The molecule has 1 heterocycles. The fraction of sp³-hybridized carbons (Fsp3) is 0.0526. The van der Waals surface area contributed by atoms with Gasteiger partial charge in [-0.1, -0.05) is 23.7 Å². The Labute approximate surface area is 150 Å². The van der Waals surface area contributed by atoms with Crippen LogP contribution in [0.5, 0.6) is 11.5 Å². The summed E-state index contributed by atoms with van der Waals surface area (Å²) in [6.45, 7) is 1.81. The Morgan fingerprint density at radius 3 is 2.52 bits per heavy atom. The number of aromatic nitrogens is 1. The minimum Gasteiger partial charge on any atom is -0.457 e. The van der Waals surface area contributed by atoms with Crippen molar-refractivity contribution >= 4 is 29.0 Å². The Bertz CT molecular complexity index is 928. The Kier molecular flexibility index (Phi) is 4.86. The number of rotatable bonds is 4. The van der Waals surface area contributed by atoms with E-state index in [1.54, 1.807) is 60.7 Å². The number of hydrogen-bond donors (Lipinski definition) is 2. The normalized spacial score (nSPS) is 10.3. The summed E-state index contributed by atoms with van der Waals surface area (Å²) in [5, 5.41) is 3.38. The molecule has 6 heteroatoms. The predicted octanol–water partition coefficient (Wildman–Crippen LogP) is 4.67. The standard InChI is InChI=1S/C19H16ClN3O2/c1-12-8-9-17(18(21)22-12)19(24)23-14-5-3-7-16(11-14)25-15-6-2-4-13(20)10-15/h2-11H,1H3,(H2,21,22)(H,23,24). The molecule has 0 aliphatic carbocycles. The maximum atomic E-state index is 12.4. The fourth-order valence-electron chi connectivity index (χ4n) is 2.27. The second-order valence-corrected chi connectivity index (χ2v) is 5.86. The fourth-order valence-corrected chi connectivity index (χ4v) is 2.45. The first-order chi connectivity index (χ1) is 12.0. The van der Waals surface area contributed by atoms with Crippen LogP contribution in [-0.4, -0.2) is 10.9 Å². The van der Waals surface area contributed by atoms with Gasteiger partial charge in [-0.15, -0.1) is 0 Å². The van der Waals surface area contributed by atoms with E-state index in [-0.39, 0.29) is 11.7 Å². The Morgan fingerprint density at radius 1 is 1.08 bits per heavy atom. The third-order valence-corrected chi connectivity index (χ3v) is 3.67. The number of amides is 1. The summed E-state index contributed by atoms with van der Waals surface area (Å²) in [4.78, 5) is 16.5. The van der Waals surface area contributed by atoms with E-state index in [1.165, 1.54) is 0 Å². The topological polar surface area (TPSA) is 77.2 Å². The van der Waals surface area contributed by atoms with Gasteiger partial charge in [-0.05, 0) is 49.4 Å². The van der Waals surface area contributed by atoms with E-state index < -0.39 is 0 Å². The van der Waals surface area contributed by atoms with E-state index in [2.05, 4.69) is 10.3 Å². The molecule has 2 aromatic carbocycles. The van der Waals surface area contributed by atoms with Crippen molar-refractivity contribution in [2.75, 3.05) is 11.1 Å². The first kappa shape index (κ1) is 16.8. The number of carbonyl (C=O) groups is 1. The molecular formula is C19H16ClN3O2. The van der Waals surface area contributed by atoms with Gasteiger partial charge in [0.1, 0.15) is 17.3 Å². The van der Waals surface area contributed by atoms with Crippen LogP contribution in [0.4, 0.5) is 11.5 Å². The van der Waals surface area contributed by atoms with Gasteiger partial charge in [-0.25, -0.2) is 4.98 Å². The van der Waals surface area contributed by atoms with Crippen LogP contribution in [0.1, 0.15) is 16.1 Å². The van der Waals surface area contributed by atoms with Crippen LogP contribution in [-0.2, 0) is 0 Å². The molecule has 0 unspecified atom stereocenters. The van der Waals surface area contributed by atoms with Gasteiger partial charge < -0.3 is 15.8 Å². The van der Waals surface area contributed by atoms with Gasteiger partial charge in [0.25, 0.3) is 5.91 Å². The first-order valence-corrected chi connectivity index (χ1v) is 7.97. The quantitative estimate of drug-likeness (QED) is 0.714. The molecule has 126 valence electrons. The molecule has 0 fully saturated rings. The van der Waals surface area contributed by atoms with Gasteiger partial charge in [0.05, 0.1) is 5.56 Å². The molecule has 0 atom stereocenters. The first-order valence-electron chi connectivity index (χ1n) is 7.59. The zero-order chi connectivity index (χ0) is 17.8. The molecule has 1 amide bonds. The minimum atomic E-state index is -0.329. The highest BCUT2D eigenvalue weighted by atomic mass is 35.5. The lowest BCUT2D eigenvalue weighted by atomic mass is 10.2. The summed E-state index contributed by atoms with van der Waals surface area (Å²) in [5.74, 6) is 1.06. The second-order valence-electron chi connectivity index (χ2n) is 5.43. The summed E-state index contributed by atoms with van der Waals surface area (Å²) in [6, 6.07) is 17.5. The maximum Gasteiger partial charge on any atom is 0.259 e. The number of nitrogens with one attached hydrogen (secondary N) is 1. The van der Waals surface area contributed by atoms with Crippen molar-refractivity contribution in [3.05, 3.63) is 76.9 Å². The summed E-state index contributed by atoms with van der Waals surface area (Å²) >= 11 is 5.95. The van der Waals surface area contributed by atoms with Gasteiger partial charge in [0, 0.05) is 22.5 Å². The van der Waals surface area contributed by atoms with Gasteiger partial charge in [-0.2, -0.15) is 0 Å². The number of aryl methyl sites for hydroxylation is 1. The Hall–Kier alpha value is -3.05. The zero-order valence-electron chi connectivity index (χ0n) is 13.5. The van der Waals surface area contributed by atoms with Crippen LogP contribution in [0, 0.1) is 6.92 Å². The third-order valence-electron chi connectivity index (χ3n) is 3.43. The number of nitrogen functional groups attached to an aromatic ring is 1. The molecule has 5 nitrogen and oxygen atoms in total. The van der Waals surface area contributed by atoms with Crippen molar-refractivity contribution in [1.29, 1.82) is 0 Å². The molecule has 3 aromatic rings. The second kappa shape index (κ2) is 7.23. The third kappa shape index (κ3) is 4.28. The van der Waals surface area contributed by atoms with E-state index in [1.807, 2.05) is 6.92 Å². The lowest BCUT2D eigenvalue weighted by Crippen LogP contribution is -2.15. The van der Waals surface area contributed by atoms with Crippen molar-refractivity contribution in [3.63, 3.8) is 0 Å². The smallest absolute Gasteiger partial charge is 0.259 e. The Morgan fingerprint density at radius 2 is 1.80 bits per heavy atom. The monoisotopic (exact) mass is 353 g/mol. The van der Waals surface area contributed by atoms with Crippen LogP contribution in [0.2, 0.25) is 5.02 Å². The average Bonchev–Trinajstić information content (AvgIpc) is 2.55. The molecule has 0 aliphatic heterocycles. The van der Waals surface area contributed by atoms with Crippen molar-refractivity contribution in [2.45, 2.75) is 6.92 Å². The molecule has 0 saturated heterocycles. The number of ether oxygens (including phenoxy) is 1.